The zero-order valence-corrected chi connectivity index (χ0v) is 23.7. The Bertz CT molecular complexity index is 1850. The first kappa shape index (κ1) is 26.3. The van der Waals surface area contributed by atoms with Crippen molar-refractivity contribution in [1.29, 1.82) is 0 Å². The van der Waals surface area contributed by atoms with Crippen molar-refractivity contribution in [2.45, 2.75) is 13.8 Å². The number of halogens is 1. The van der Waals surface area contributed by atoms with Gasteiger partial charge < -0.3 is 0 Å². The van der Waals surface area contributed by atoms with Gasteiger partial charge in [-0.25, -0.2) is 14.4 Å². The molecule has 0 aliphatic carbocycles. The third kappa shape index (κ3) is 5.06. The fourth-order valence-electron chi connectivity index (χ4n) is 4.14. The average molecular weight is 604 g/mol. The van der Waals surface area contributed by atoms with Crippen LogP contribution in [0.25, 0.3) is 16.9 Å². The van der Waals surface area contributed by atoms with Gasteiger partial charge in [-0.05, 0) is 49.7 Å². The van der Waals surface area contributed by atoms with Gasteiger partial charge >= 0.3 is 0 Å². The van der Waals surface area contributed by atoms with Gasteiger partial charge in [0, 0.05) is 34.6 Å². The summed E-state index contributed by atoms with van der Waals surface area (Å²) in [7, 11) is 1.83. The maximum absolute atomic E-state index is 13.5. The number of benzene rings is 3. The Morgan fingerprint density at radius 3 is 2.33 bits per heavy atom. The summed E-state index contributed by atoms with van der Waals surface area (Å²) >= 11 is 5.00. The minimum atomic E-state index is -0.434. The lowest BCUT2D eigenvalue weighted by molar-refractivity contribution is -0.384. The number of nitro benzene ring substituents is 1. The van der Waals surface area contributed by atoms with Gasteiger partial charge in [0.2, 0.25) is 4.80 Å². The number of nitro groups is 1. The van der Waals surface area contributed by atoms with E-state index >= 15 is 0 Å². The molecule has 0 radical (unpaired) electrons. The highest BCUT2D eigenvalue weighted by atomic mass is 79.9. The number of nitrogens with zero attached hydrogens (tertiary/aromatic N) is 6. The standard InChI is InChI=1S/C28H23BrN6O3S/c1-18(20-13-15-22(16-14-20)35(37)38)31-33-25(23-11-7-8-12-24(23)29)17-39-28(33)30-26-19(2)32(3)34(27(26)36)21-9-5-4-6-10-21/h4-17H,1-3H3. The van der Waals surface area contributed by atoms with Gasteiger partial charge in [-0.3, -0.25) is 19.6 Å². The number of hydrogen-bond acceptors (Lipinski definition) is 6. The Morgan fingerprint density at radius 1 is 1.00 bits per heavy atom. The summed E-state index contributed by atoms with van der Waals surface area (Å²) < 4.78 is 5.97. The highest BCUT2D eigenvalue weighted by Gasteiger charge is 2.18. The molecule has 0 bridgehead atoms. The highest BCUT2D eigenvalue weighted by Crippen LogP contribution is 2.29. The van der Waals surface area contributed by atoms with Gasteiger partial charge in [-0.15, -0.1) is 11.3 Å². The van der Waals surface area contributed by atoms with Gasteiger partial charge in [0.1, 0.15) is 0 Å². The van der Waals surface area contributed by atoms with Crippen molar-refractivity contribution in [3.8, 4) is 16.9 Å². The molecular weight excluding hydrogens is 580 g/mol. The molecule has 0 aliphatic rings. The van der Waals surface area contributed by atoms with Gasteiger partial charge in [-0.1, -0.05) is 52.3 Å². The molecule has 0 amide bonds. The molecule has 2 aromatic heterocycles. The molecule has 0 saturated carbocycles. The molecular formula is C28H23BrN6O3S. The Kier molecular flexibility index (Phi) is 7.27. The number of para-hydroxylation sites is 1. The first-order valence-electron chi connectivity index (χ1n) is 11.9. The topological polar surface area (TPSA) is 99.7 Å². The molecule has 0 unspecified atom stereocenters. The zero-order chi connectivity index (χ0) is 27.7. The third-order valence-electron chi connectivity index (χ3n) is 6.31. The van der Waals surface area contributed by atoms with E-state index in [1.165, 1.54) is 23.5 Å². The predicted octanol–water partition coefficient (Wildman–Crippen LogP) is 6.19. The molecule has 0 spiro atoms. The number of hydrogen-bond donors (Lipinski definition) is 0. The molecule has 9 nitrogen and oxygen atoms in total. The van der Waals surface area contributed by atoms with E-state index in [1.54, 1.807) is 26.2 Å². The molecule has 5 aromatic rings. The average Bonchev–Trinajstić information content (AvgIpc) is 3.42. The molecule has 0 N–H and O–H groups in total. The summed E-state index contributed by atoms with van der Waals surface area (Å²) in [6.45, 7) is 3.69. The number of rotatable bonds is 6. The molecule has 0 aliphatic heterocycles. The predicted molar refractivity (Wildman–Crippen MR) is 157 cm³/mol. The lowest BCUT2D eigenvalue weighted by Crippen LogP contribution is -2.20. The van der Waals surface area contributed by atoms with E-state index in [0.717, 1.165) is 27.0 Å². The summed E-state index contributed by atoms with van der Waals surface area (Å²) in [4.78, 5) is 29.5. The van der Waals surface area contributed by atoms with Gasteiger partial charge in [-0.2, -0.15) is 5.10 Å². The SMILES string of the molecule is CC(=Nn1c(-c2ccccc2Br)csc1=Nc1c(C)n(C)n(-c2ccccc2)c1=O)c1ccc([N+](=O)[O-])cc1. The first-order valence-corrected chi connectivity index (χ1v) is 13.6. The van der Waals surface area contributed by atoms with Crippen LogP contribution in [-0.4, -0.2) is 24.7 Å². The van der Waals surface area contributed by atoms with Crippen LogP contribution in [0.15, 0.2) is 104 Å². The second kappa shape index (κ2) is 10.8. The first-order chi connectivity index (χ1) is 18.8. The minimum Gasteiger partial charge on any atom is -0.283 e. The summed E-state index contributed by atoms with van der Waals surface area (Å²) in [6, 6.07) is 23.4. The monoisotopic (exact) mass is 602 g/mol. The molecule has 5 rings (SSSR count). The fourth-order valence-corrected chi connectivity index (χ4v) is 5.45. The van der Waals surface area contributed by atoms with Gasteiger partial charge in [0.25, 0.3) is 11.2 Å². The second-order valence-corrected chi connectivity index (χ2v) is 10.4. The largest absolute Gasteiger partial charge is 0.297 e. The van der Waals surface area contributed by atoms with Crippen LogP contribution in [0.1, 0.15) is 18.2 Å². The van der Waals surface area contributed by atoms with Crippen LogP contribution in [0.5, 0.6) is 0 Å². The van der Waals surface area contributed by atoms with E-state index in [-0.39, 0.29) is 11.2 Å². The lowest BCUT2D eigenvalue weighted by atomic mass is 10.1. The Hall–Kier alpha value is -4.35. The van der Waals surface area contributed by atoms with Gasteiger partial charge in [0.05, 0.1) is 27.7 Å². The minimum absolute atomic E-state index is 0.00794. The molecule has 0 atom stereocenters. The Morgan fingerprint density at radius 2 is 1.67 bits per heavy atom. The van der Waals surface area contributed by atoms with E-state index < -0.39 is 4.92 Å². The molecule has 0 fully saturated rings. The van der Waals surface area contributed by atoms with Crippen molar-refractivity contribution in [1.82, 2.24) is 14.0 Å². The van der Waals surface area contributed by atoms with Crippen molar-refractivity contribution < 1.29 is 4.92 Å². The van der Waals surface area contributed by atoms with Crippen LogP contribution < -0.4 is 10.4 Å². The molecule has 11 heteroatoms. The number of aromatic nitrogens is 3. The molecule has 0 saturated heterocycles. The number of non-ortho nitro benzene ring substituents is 1. The van der Waals surface area contributed by atoms with E-state index in [2.05, 4.69) is 15.9 Å². The van der Waals surface area contributed by atoms with Gasteiger partial charge in [0.15, 0.2) is 5.69 Å². The summed E-state index contributed by atoms with van der Waals surface area (Å²) in [5, 5.41) is 17.9. The molecule has 196 valence electrons. The van der Waals surface area contributed by atoms with Crippen molar-refractivity contribution in [2.24, 2.45) is 17.1 Å². The Labute approximate surface area is 235 Å². The second-order valence-electron chi connectivity index (χ2n) is 8.71. The van der Waals surface area contributed by atoms with Crippen LogP contribution in [0, 0.1) is 17.0 Å². The molecule has 39 heavy (non-hydrogen) atoms. The van der Waals surface area contributed by atoms with E-state index in [0.29, 0.717) is 21.9 Å². The highest BCUT2D eigenvalue weighted by molar-refractivity contribution is 9.10. The van der Waals surface area contributed by atoms with Crippen LogP contribution in [0.3, 0.4) is 0 Å². The van der Waals surface area contributed by atoms with Crippen LogP contribution in [0.2, 0.25) is 0 Å². The van der Waals surface area contributed by atoms with Crippen LogP contribution in [-0.2, 0) is 7.05 Å². The zero-order valence-electron chi connectivity index (χ0n) is 21.3. The van der Waals surface area contributed by atoms with E-state index in [4.69, 9.17) is 10.1 Å². The lowest BCUT2D eigenvalue weighted by Gasteiger charge is -2.08. The van der Waals surface area contributed by atoms with Crippen molar-refractivity contribution >= 4 is 44.4 Å². The maximum atomic E-state index is 13.5. The smallest absolute Gasteiger partial charge is 0.283 e. The van der Waals surface area contributed by atoms with E-state index in [9.17, 15) is 14.9 Å². The third-order valence-corrected chi connectivity index (χ3v) is 7.82. The van der Waals surface area contributed by atoms with Crippen molar-refractivity contribution in [3.05, 3.63) is 125 Å². The maximum Gasteiger partial charge on any atom is 0.297 e. The van der Waals surface area contributed by atoms with E-state index in [1.807, 2.05) is 80.9 Å². The number of thiazole rings is 1. The normalized spacial score (nSPS) is 12.2. The van der Waals surface area contributed by atoms with Crippen molar-refractivity contribution in [3.63, 3.8) is 0 Å². The summed E-state index contributed by atoms with van der Waals surface area (Å²) in [5.41, 5.74) is 4.59. The Balaban J connectivity index is 1.72. The molecule has 3 aromatic carbocycles. The van der Waals surface area contributed by atoms with Crippen LogP contribution in [0.4, 0.5) is 11.4 Å². The molecule has 2 heterocycles. The van der Waals surface area contributed by atoms with Crippen molar-refractivity contribution in [2.75, 3.05) is 0 Å². The summed E-state index contributed by atoms with van der Waals surface area (Å²) in [6.07, 6.45) is 0. The quantitative estimate of drug-likeness (QED) is 0.131. The fraction of sp³-hybridized carbons (Fsp3) is 0.107. The van der Waals surface area contributed by atoms with Crippen LogP contribution >= 0.6 is 27.3 Å². The summed E-state index contributed by atoms with van der Waals surface area (Å²) in [5.74, 6) is 0.